The number of carboxylic acid groups (broad SMARTS) is 1. The summed E-state index contributed by atoms with van der Waals surface area (Å²) in [6.45, 7) is 10.3. The molecule has 46 heavy (non-hydrogen) atoms. The van der Waals surface area contributed by atoms with Gasteiger partial charge in [0.1, 0.15) is 6.54 Å². The van der Waals surface area contributed by atoms with Gasteiger partial charge in [-0.2, -0.15) is 0 Å². The predicted molar refractivity (Wildman–Crippen MR) is 180 cm³/mol. The second-order valence-electron chi connectivity index (χ2n) is 11.2. The van der Waals surface area contributed by atoms with Crippen molar-refractivity contribution in [3.63, 3.8) is 0 Å². The molecular formula is C36H54N2O8. The molecule has 2 N–H and O–H groups in total. The van der Waals surface area contributed by atoms with Crippen LogP contribution in [0.25, 0.3) is 0 Å². The first-order valence-corrected chi connectivity index (χ1v) is 16.9. The van der Waals surface area contributed by atoms with E-state index < -0.39 is 18.4 Å². The number of rotatable bonds is 25. The van der Waals surface area contributed by atoms with E-state index in [1.165, 1.54) is 4.90 Å². The monoisotopic (exact) mass is 642 g/mol. The molecule has 256 valence electrons. The summed E-state index contributed by atoms with van der Waals surface area (Å²) in [5.41, 5.74) is 0.681. The number of unbranched alkanes of at least 4 members (excludes halogenated alkanes) is 5. The highest BCUT2D eigenvalue weighted by atomic mass is 16.5. The molecule has 0 unspecified atom stereocenters. The molecular weight excluding hydrogens is 588 g/mol. The standard InChI is InChI=1S/C36H54N2O8/c1-5-9-23-43-30-19-15-17-28(33(30)45-25-11-7-3)35(41)37-21-13-14-22-38(27-32(39)40)36(42)29-18-16-20-31(44-24-10-6-2)34(29)46-26-12-8-4/h15-20H,5-14,21-27H2,1-4H3,(H,37,41)(H,39,40). The van der Waals surface area contributed by atoms with Crippen molar-refractivity contribution in [3.05, 3.63) is 47.5 Å². The van der Waals surface area contributed by atoms with Gasteiger partial charge in [0.15, 0.2) is 23.0 Å². The van der Waals surface area contributed by atoms with Crippen LogP contribution in [0, 0.1) is 0 Å². The fraction of sp³-hybridized carbons (Fsp3) is 0.583. The van der Waals surface area contributed by atoms with Crippen LogP contribution in [0.5, 0.6) is 23.0 Å². The Balaban J connectivity index is 2.09. The van der Waals surface area contributed by atoms with Crippen molar-refractivity contribution in [2.75, 3.05) is 46.1 Å². The number of hydrogen-bond acceptors (Lipinski definition) is 7. The van der Waals surface area contributed by atoms with E-state index in [1.807, 2.05) is 6.07 Å². The third kappa shape index (κ3) is 13.2. The van der Waals surface area contributed by atoms with Gasteiger partial charge in [-0.05, 0) is 62.8 Å². The number of aliphatic carboxylic acids is 1. The molecule has 10 heteroatoms. The Hall–Kier alpha value is -3.95. The molecule has 0 aliphatic carbocycles. The van der Waals surface area contributed by atoms with Crippen molar-refractivity contribution >= 4 is 17.8 Å². The minimum absolute atomic E-state index is 0.197. The predicted octanol–water partition coefficient (Wildman–Crippen LogP) is 7.14. The van der Waals surface area contributed by atoms with Crippen LogP contribution in [0.4, 0.5) is 0 Å². The van der Waals surface area contributed by atoms with E-state index in [9.17, 15) is 19.5 Å². The van der Waals surface area contributed by atoms with Crippen molar-refractivity contribution in [2.24, 2.45) is 0 Å². The zero-order chi connectivity index (χ0) is 33.6. The second kappa shape index (κ2) is 22.5. The Morgan fingerprint density at radius 3 is 1.63 bits per heavy atom. The van der Waals surface area contributed by atoms with Crippen LogP contribution in [-0.2, 0) is 4.79 Å². The van der Waals surface area contributed by atoms with Crippen LogP contribution < -0.4 is 24.3 Å². The van der Waals surface area contributed by atoms with Gasteiger partial charge in [0.25, 0.3) is 11.8 Å². The number of nitrogens with one attached hydrogen (secondary N) is 1. The molecule has 0 bridgehead atoms. The normalized spacial score (nSPS) is 10.7. The van der Waals surface area contributed by atoms with E-state index in [0.29, 0.717) is 74.4 Å². The molecule has 0 atom stereocenters. The van der Waals surface area contributed by atoms with Crippen molar-refractivity contribution in [1.29, 1.82) is 0 Å². The zero-order valence-corrected chi connectivity index (χ0v) is 28.2. The van der Waals surface area contributed by atoms with Crippen molar-refractivity contribution < 1.29 is 38.4 Å². The van der Waals surface area contributed by atoms with Crippen molar-refractivity contribution in [1.82, 2.24) is 10.2 Å². The molecule has 0 aromatic heterocycles. The average molecular weight is 643 g/mol. The first kappa shape index (κ1) is 38.2. The molecule has 2 aromatic rings. The largest absolute Gasteiger partial charge is 0.490 e. The van der Waals surface area contributed by atoms with Gasteiger partial charge in [-0.1, -0.05) is 65.5 Å². The molecule has 0 saturated heterocycles. The third-order valence-electron chi connectivity index (χ3n) is 7.19. The van der Waals surface area contributed by atoms with Crippen molar-refractivity contribution in [2.45, 2.75) is 91.9 Å². The van der Waals surface area contributed by atoms with E-state index in [-0.39, 0.29) is 18.0 Å². The number of amides is 2. The summed E-state index contributed by atoms with van der Waals surface area (Å²) in [7, 11) is 0. The Morgan fingerprint density at radius 1 is 0.652 bits per heavy atom. The van der Waals surface area contributed by atoms with Gasteiger partial charge in [-0.25, -0.2) is 0 Å². The first-order valence-electron chi connectivity index (χ1n) is 16.9. The zero-order valence-electron chi connectivity index (χ0n) is 28.2. The molecule has 0 saturated carbocycles. The van der Waals surface area contributed by atoms with Crippen LogP contribution in [0.15, 0.2) is 36.4 Å². The maximum absolute atomic E-state index is 13.7. The van der Waals surface area contributed by atoms with Crippen molar-refractivity contribution in [3.8, 4) is 23.0 Å². The summed E-state index contributed by atoms with van der Waals surface area (Å²) in [5, 5.41) is 12.5. The molecule has 0 aliphatic heterocycles. The highest BCUT2D eigenvalue weighted by Gasteiger charge is 2.24. The number of hydrogen-bond donors (Lipinski definition) is 2. The number of carbonyl (C=O) groups excluding carboxylic acids is 2. The fourth-order valence-corrected chi connectivity index (χ4v) is 4.50. The maximum Gasteiger partial charge on any atom is 0.323 e. The lowest BCUT2D eigenvalue weighted by Gasteiger charge is -2.23. The van der Waals surface area contributed by atoms with Crippen LogP contribution in [0.2, 0.25) is 0 Å². The minimum atomic E-state index is -1.11. The van der Waals surface area contributed by atoms with E-state index >= 15 is 0 Å². The van der Waals surface area contributed by atoms with Crippen LogP contribution >= 0.6 is 0 Å². The van der Waals surface area contributed by atoms with Gasteiger partial charge >= 0.3 is 5.97 Å². The van der Waals surface area contributed by atoms with Crippen LogP contribution in [-0.4, -0.2) is 73.9 Å². The topological polar surface area (TPSA) is 124 Å². The Morgan fingerprint density at radius 2 is 1.13 bits per heavy atom. The quantitative estimate of drug-likeness (QED) is 0.110. The molecule has 0 heterocycles. The minimum Gasteiger partial charge on any atom is -0.490 e. The van der Waals surface area contributed by atoms with Crippen LogP contribution in [0.1, 0.15) is 113 Å². The number of carboxylic acids is 1. The lowest BCUT2D eigenvalue weighted by Crippen LogP contribution is -2.37. The van der Waals surface area contributed by atoms with Gasteiger partial charge in [-0.3, -0.25) is 14.4 Å². The number of nitrogens with zero attached hydrogens (tertiary/aromatic N) is 1. The number of para-hydroxylation sites is 2. The highest BCUT2D eigenvalue weighted by molar-refractivity contribution is 5.99. The molecule has 10 nitrogen and oxygen atoms in total. The van der Waals surface area contributed by atoms with Gasteiger partial charge in [0.05, 0.1) is 37.6 Å². The maximum atomic E-state index is 13.7. The van der Waals surface area contributed by atoms with E-state index in [1.54, 1.807) is 30.3 Å². The summed E-state index contributed by atoms with van der Waals surface area (Å²) in [5.74, 6) is -0.00298. The van der Waals surface area contributed by atoms with Gasteiger partial charge < -0.3 is 34.3 Å². The number of benzene rings is 2. The van der Waals surface area contributed by atoms with Gasteiger partial charge in [0.2, 0.25) is 0 Å². The Kier molecular flexibility index (Phi) is 18.7. The molecule has 2 amide bonds. The van der Waals surface area contributed by atoms with E-state index in [2.05, 4.69) is 33.0 Å². The number of ether oxygens (including phenoxy) is 4. The van der Waals surface area contributed by atoms with E-state index in [4.69, 9.17) is 18.9 Å². The van der Waals surface area contributed by atoms with E-state index in [0.717, 1.165) is 51.4 Å². The lowest BCUT2D eigenvalue weighted by molar-refractivity contribution is -0.137. The fourth-order valence-electron chi connectivity index (χ4n) is 4.50. The molecule has 2 rings (SSSR count). The number of carbonyl (C=O) groups is 3. The Labute approximate surface area is 274 Å². The smallest absolute Gasteiger partial charge is 0.323 e. The lowest BCUT2D eigenvalue weighted by atomic mass is 10.1. The summed E-state index contributed by atoms with van der Waals surface area (Å²) >= 11 is 0. The first-order chi connectivity index (χ1) is 22.4. The summed E-state index contributed by atoms with van der Waals surface area (Å²) in [6, 6.07) is 10.4. The Bertz CT molecular complexity index is 1200. The van der Waals surface area contributed by atoms with Gasteiger partial charge in [0, 0.05) is 13.1 Å². The molecule has 0 spiro atoms. The average Bonchev–Trinajstić information content (AvgIpc) is 3.04. The third-order valence-corrected chi connectivity index (χ3v) is 7.19. The summed E-state index contributed by atoms with van der Waals surface area (Å²) < 4.78 is 23.9. The molecule has 0 fully saturated rings. The molecule has 2 aromatic carbocycles. The molecule has 0 radical (unpaired) electrons. The molecule has 0 aliphatic rings. The van der Waals surface area contributed by atoms with Gasteiger partial charge in [-0.15, -0.1) is 0 Å². The summed E-state index contributed by atoms with van der Waals surface area (Å²) in [4.78, 5) is 39.9. The second-order valence-corrected chi connectivity index (χ2v) is 11.2. The van der Waals surface area contributed by atoms with Crippen LogP contribution in [0.3, 0.4) is 0 Å². The SMILES string of the molecule is CCCCOc1cccc(C(=O)NCCCCN(CC(=O)O)C(=O)c2cccc(OCCCC)c2OCCCC)c1OCCCC. The highest BCUT2D eigenvalue weighted by Crippen LogP contribution is 2.34. The summed E-state index contributed by atoms with van der Waals surface area (Å²) in [6.07, 6.45) is 8.30.